The lowest BCUT2D eigenvalue weighted by Gasteiger charge is -2.15. The third kappa shape index (κ3) is 4.77. The van der Waals surface area contributed by atoms with E-state index in [2.05, 4.69) is 16.0 Å². The van der Waals surface area contributed by atoms with Gasteiger partial charge in [0.05, 0.1) is 5.52 Å². The minimum atomic E-state index is -0.874. The third-order valence-corrected chi connectivity index (χ3v) is 5.44. The first kappa shape index (κ1) is 22.2. The van der Waals surface area contributed by atoms with Crippen molar-refractivity contribution in [2.45, 2.75) is 39.7 Å². The van der Waals surface area contributed by atoms with Gasteiger partial charge in [-0.3, -0.25) is 20.4 Å². The van der Waals surface area contributed by atoms with Crippen molar-refractivity contribution in [2.75, 3.05) is 0 Å². The summed E-state index contributed by atoms with van der Waals surface area (Å²) in [7, 11) is 0. The largest absolute Gasteiger partial charge is 0.481 e. The highest BCUT2D eigenvalue weighted by atomic mass is 19.1. The van der Waals surface area contributed by atoms with Crippen LogP contribution in [0, 0.1) is 19.7 Å². The average Bonchev–Trinajstić information content (AvgIpc) is 3.17. The molecule has 2 heterocycles. The number of ether oxygens (including phenoxy) is 1. The smallest absolute Gasteiger partial charge is 0.279 e. The van der Waals surface area contributed by atoms with Gasteiger partial charge in [0.15, 0.2) is 11.8 Å². The van der Waals surface area contributed by atoms with E-state index >= 15 is 0 Å². The number of aromatic nitrogens is 3. The van der Waals surface area contributed by atoms with Crippen molar-refractivity contribution >= 4 is 28.4 Å². The van der Waals surface area contributed by atoms with E-state index in [1.807, 2.05) is 38.1 Å². The SMILES string of the molecule is Cc1nc2c3ccccc3nn2c(C)c1CCC(=O)NNC(=O)C(C)Oc1ccc(F)cc1. The molecule has 9 heteroatoms. The van der Waals surface area contributed by atoms with E-state index in [1.54, 1.807) is 4.52 Å². The fraction of sp³-hybridized carbons (Fsp3) is 0.250. The van der Waals surface area contributed by atoms with Gasteiger partial charge in [0.25, 0.3) is 5.91 Å². The number of aryl methyl sites for hydroxylation is 2. The van der Waals surface area contributed by atoms with E-state index in [-0.39, 0.29) is 12.3 Å². The van der Waals surface area contributed by atoms with Crippen LogP contribution in [0.1, 0.15) is 30.3 Å². The predicted molar refractivity (Wildman–Crippen MR) is 121 cm³/mol. The Morgan fingerprint density at radius 2 is 1.82 bits per heavy atom. The Labute approximate surface area is 189 Å². The summed E-state index contributed by atoms with van der Waals surface area (Å²) in [5, 5.41) is 5.60. The molecule has 4 aromatic rings. The molecule has 8 nitrogen and oxygen atoms in total. The second-order valence-electron chi connectivity index (χ2n) is 7.77. The molecular weight excluding hydrogens is 425 g/mol. The highest BCUT2D eigenvalue weighted by Gasteiger charge is 2.17. The molecule has 2 N–H and O–H groups in total. The zero-order valence-corrected chi connectivity index (χ0v) is 18.6. The van der Waals surface area contributed by atoms with Gasteiger partial charge < -0.3 is 4.74 Å². The van der Waals surface area contributed by atoms with Crippen molar-refractivity contribution in [2.24, 2.45) is 0 Å². The maximum atomic E-state index is 13.0. The number of hydrogen-bond acceptors (Lipinski definition) is 5. The molecule has 1 unspecified atom stereocenters. The monoisotopic (exact) mass is 449 g/mol. The van der Waals surface area contributed by atoms with Gasteiger partial charge in [-0.1, -0.05) is 12.1 Å². The lowest BCUT2D eigenvalue weighted by molar-refractivity contribution is -0.132. The van der Waals surface area contributed by atoms with Crippen molar-refractivity contribution in [1.82, 2.24) is 25.4 Å². The first-order valence-corrected chi connectivity index (χ1v) is 10.6. The van der Waals surface area contributed by atoms with Crippen LogP contribution in [0.25, 0.3) is 16.6 Å². The number of hydrogen-bond donors (Lipinski definition) is 2. The Kier molecular flexibility index (Phi) is 6.21. The van der Waals surface area contributed by atoms with Crippen LogP contribution in [0.2, 0.25) is 0 Å². The fourth-order valence-corrected chi connectivity index (χ4v) is 3.64. The van der Waals surface area contributed by atoms with Gasteiger partial charge in [0.1, 0.15) is 11.6 Å². The molecule has 0 fully saturated rings. The molecule has 0 aliphatic heterocycles. The Morgan fingerprint density at radius 1 is 1.09 bits per heavy atom. The lowest BCUT2D eigenvalue weighted by atomic mass is 10.1. The molecule has 4 rings (SSSR count). The molecule has 0 bridgehead atoms. The Balaban J connectivity index is 1.35. The molecular formula is C24H24FN5O3. The molecule has 1 atom stereocenters. The van der Waals surface area contributed by atoms with E-state index in [0.717, 1.165) is 33.5 Å². The van der Waals surface area contributed by atoms with Gasteiger partial charge in [-0.05, 0) is 69.2 Å². The van der Waals surface area contributed by atoms with Gasteiger partial charge in [0, 0.05) is 23.2 Å². The van der Waals surface area contributed by atoms with E-state index in [4.69, 9.17) is 9.72 Å². The van der Waals surface area contributed by atoms with E-state index in [0.29, 0.717) is 12.2 Å². The van der Waals surface area contributed by atoms with Crippen molar-refractivity contribution in [1.29, 1.82) is 0 Å². The predicted octanol–water partition coefficient (Wildman–Crippen LogP) is 3.19. The minimum Gasteiger partial charge on any atom is -0.481 e. The van der Waals surface area contributed by atoms with Crippen molar-refractivity contribution in [3.63, 3.8) is 0 Å². The number of fused-ring (bicyclic) bond motifs is 3. The normalized spacial score (nSPS) is 12.0. The fourth-order valence-electron chi connectivity index (χ4n) is 3.64. The summed E-state index contributed by atoms with van der Waals surface area (Å²) < 4.78 is 20.2. The van der Waals surface area contributed by atoms with Crippen LogP contribution in [-0.4, -0.2) is 32.5 Å². The molecule has 0 saturated heterocycles. The first-order valence-electron chi connectivity index (χ1n) is 10.6. The lowest BCUT2D eigenvalue weighted by Crippen LogP contribution is -2.47. The Hall–Kier alpha value is -4.01. The number of amides is 2. The number of rotatable bonds is 6. The summed E-state index contributed by atoms with van der Waals surface area (Å²) >= 11 is 0. The maximum Gasteiger partial charge on any atom is 0.279 e. The van der Waals surface area contributed by atoms with Crippen molar-refractivity contribution in [3.8, 4) is 5.75 Å². The topological polar surface area (TPSA) is 97.6 Å². The van der Waals surface area contributed by atoms with Gasteiger partial charge in [-0.15, -0.1) is 0 Å². The number of carbonyl (C=O) groups excluding carboxylic acids is 2. The zero-order valence-electron chi connectivity index (χ0n) is 18.6. The van der Waals surface area contributed by atoms with Crippen LogP contribution in [0.5, 0.6) is 5.75 Å². The molecule has 2 amide bonds. The minimum absolute atomic E-state index is 0.156. The van der Waals surface area contributed by atoms with Crippen LogP contribution in [0.4, 0.5) is 4.39 Å². The average molecular weight is 449 g/mol. The van der Waals surface area contributed by atoms with Crippen LogP contribution >= 0.6 is 0 Å². The van der Waals surface area contributed by atoms with E-state index in [1.165, 1.54) is 31.2 Å². The molecule has 0 aliphatic carbocycles. The van der Waals surface area contributed by atoms with Crippen LogP contribution in [0.3, 0.4) is 0 Å². The number of carbonyl (C=O) groups is 2. The van der Waals surface area contributed by atoms with Gasteiger partial charge in [-0.25, -0.2) is 13.9 Å². The standard InChI is InChI=1S/C24H24FN5O3/c1-14-19(15(2)30-23(26-14)20-6-4-5-7-21(20)29-30)12-13-22(31)27-28-24(32)16(3)33-18-10-8-17(25)9-11-18/h4-11,16H,12-13H2,1-3H3,(H,27,31)(H,28,32). The van der Waals surface area contributed by atoms with Crippen molar-refractivity contribution in [3.05, 3.63) is 71.3 Å². The number of nitrogens with one attached hydrogen (secondary N) is 2. The summed E-state index contributed by atoms with van der Waals surface area (Å²) in [5.41, 5.74) is 9.11. The first-order chi connectivity index (χ1) is 15.8. The summed E-state index contributed by atoms with van der Waals surface area (Å²) in [5.74, 6) is -0.911. The zero-order chi connectivity index (χ0) is 23.5. The van der Waals surface area contributed by atoms with Crippen LogP contribution in [0.15, 0.2) is 48.5 Å². The molecule has 0 saturated carbocycles. The second kappa shape index (κ2) is 9.23. The van der Waals surface area contributed by atoms with Gasteiger partial charge in [-0.2, -0.15) is 5.10 Å². The quantitative estimate of drug-likeness (QED) is 0.441. The molecule has 0 spiro atoms. The van der Waals surface area contributed by atoms with Crippen LogP contribution in [-0.2, 0) is 16.0 Å². The second-order valence-corrected chi connectivity index (χ2v) is 7.77. The third-order valence-electron chi connectivity index (χ3n) is 5.44. The Bertz CT molecular complexity index is 1330. The summed E-state index contributed by atoms with van der Waals surface area (Å²) in [6, 6.07) is 13.1. The molecule has 0 radical (unpaired) electrons. The highest BCUT2D eigenvalue weighted by Crippen LogP contribution is 2.22. The number of nitrogens with zero attached hydrogens (tertiary/aromatic N) is 3. The number of benzene rings is 2. The van der Waals surface area contributed by atoms with E-state index in [9.17, 15) is 14.0 Å². The van der Waals surface area contributed by atoms with Crippen LogP contribution < -0.4 is 15.6 Å². The molecule has 170 valence electrons. The summed E-state index contributed by atoms with van der Waals surface area (Å²) in [4.78, 5) is 29.2. The summed E-state index contributed by atoms with van der Waals surface area (Å²) in [6.07, 6.45) is -0.274. The maximum absolute atomic E-state index is 13.0. The molecule has 2 aromatic heterocycles. The van der Waals surface area contributed by atoms with Gasteiger partial charge >= 0.3 is 0 Å². The number of halogens is 1. The van der Waals surface area contributed by atoms with E-state index < -0.39 is 17.8 Å². The Morgan fingerprint density at radius 3 is 2.58 bits per heavy atom. The van der Waals surface area contributed by atoms with Gasteiger partial charge in [0.2, 0.25) is 5.91 Å². The van der Waals surface area contributed by atoms with Crippen molar-refractivity contribution < 1.29 is 18.7 Å². The number of hydrazine groups is 1. The molecule has 33 heavy (non-hydrogen) atoms. The molecule has 0 aliphatic rings. The summed E-state index contributed by atoms with van der Waals surface area (Å²) in [6.45, 7) is 5.40. The molecule has 2 aromatic carbocycles. The highest BCUT2D eigenvalue weighted by molar-refractivity contribution is 5.92.